The van der Waals surface area contributed by atoms with E-state index in [0.717, 1.165) is 62.6 Å². The van der Waals surface area contributed by atoms with Gasteiger partial charge in [0.1, 0.15) is 6.10 Å². The van der Waals surface area contributed by atoms with Crippen molar-refractivity contribution in [3.8, 4) is 5.88 Å². The van der Waals surface area contributed by atoms with Gasteiger partial charge in [0.15, 0.2) is 0 Å². The zero-order chi connectivity index (χ0) is 14.8. The van der Waals surface area contributed by atoms with E-state index >= 15 is 0 Å². The highest BCUT2D eigenvalue weighted by atomic mass is 16.5. The minimum atomic E-state index is -0.514. The Kier molecular flexibility index (Phi) is 4.26. The largest absolute Gasteiger partial charge is 0.472 e. The Morgan fingerprint density at radius 3 is 2.67 bits per heavy atom. The topological polar surface area (TPSA) is 70.5 Å². The predicted molar refractivity (Wildman–Crippen MR) is 80.9 cm³/mol. The summed E-state index contributed by atoms with van der Waals surface area (Å²) in [6, 6.07) is 0. The molecule has 0 aromatic carbocycles. The number of fused-ring (bicyclic) bond motifs is 1. The predicted octanol–water partition coefficient (Wildman–Crippen LogP) is 0.523. The third-order valence-corrected chi connectivity index (χ3v) is 4.26. The van der Waals surface area contributed by atoms with E-state index in [1.54, 1.807) is 6.92 Å². The smallest absolute Gasteiger partial charge is 0.228 e. The number of rotatable bonds is 4. The summed E-state index contributed by atoms with van der Waals surface area (Å²) in [4.78, 5) is 11.6. The number of nitrogens with one attached hydrogen (secondary N) is 1. The van der Waals surface area contributed by atoms with Gasteiger partial charge in [-0.1, -0.05) is 0 Å². The molecule has 0 unspecified atom stereocenters. The number of aliphatic hydroxyl groups excluding tert-OH is 1. The maximum absolute atomic E-state index is 9.66. The maximum Gasteiger partial charge on any atom is 0.228 e. The van der Waals surface area contributed by atoms with Crippen molar-refractivity contribution in [2.75, 3.05) is 31.1 Å². The highest BCUT2D eigenvalue weighted by Crippen LogP contribution is 2.31. The first-order chi connectivity index (χ1) is 10.1. The molecule has 21 heavy (non-hydrogen) atoms. The third-order valence-electron chi connectivity index (χ3n) is 4.26. The van der Waals surface area contributed by atoms with E-state index in [2.05, 4.69) is 15.2 Å². The van der Waals surface area contributed by atoms with Gasteiger partial charge in [0.2, 0.25) is 11.8 Å². The van der Waals surface area contributed by atoms with Crippen LogP contribution < -0.4 is 15.0 Å². The first-order valence-corrected chi connectivity index (χ1v) is 7.85. The van der Waals surface area contributed by atoms with Crippen LogP contribution in [-0.2, 0) is 12.8 Å². The molecule has 0 radical (unpaired) electrons. The quantitative estimate of drug-likeness (QED) is 0.843. The minimum absolute atomic E-state index is 0.263. The molecule has 6 nitrogen and oxygen atoms in total. The summed E-state index contributed by atoms with van der Waals surface area (Å²) in [6.07, 6.45) is 2.30. The van der Waals surface area contributed by atoms with E-state index in [4.69, 9.17) is 9.72 Å². The Bertz CT molecular complexity index is 501. The Morgan fingerprint density at radius 2 is 1.95 bits per heavy atom. The van der Waals surface area contributed by atoms with E-state index in [1.165, 1.54) is 0 Å². The van der Waals surface area contributed by atoms with Gasteiger partial charge in [0, 0.05) is 31.7 Å². The first kappa shape index (κ1) is 14.5. The van der Waals surface area contributed by atoms with Crippen molar-refractivity contribution >= 4 is 5.95 Å². The average molecular weight is 292 g/mol. The fraction of sp³-hybridized carbons (Fsp3) is 0.733. The van der Waals surface area contributed by atoms with Crippen molar-refractivity contribution in [2.45, 2.75) is 45.3 Å². The van der Waals surface area contributed by atoms with E-state index in [0.29, 0.717) is 5.88 Å². The lowest BCUT2D eigenvalue weighted by molar-refractivity contribution is 0.0568. The number of aliphatic hydroxyl groups is 1. The molecule has 116 valence electrons. The Balaban J connectivity index is 1.88. The van der Waals surface area contributed by atoms with Gasteiger partial charge >= 0.3 is 0 Å². The van der Waals surface area contributed by atoms with Gasteiger partial charge in [0.25, 0.3) is 0 Å². The molecule has 1 aliphatic heterocycles. The normalized spacial score (nSPS) is 21.0. The maximum atomic E-state index is 9.66. The van der Waals surface area contributed by atoms with Crippen LogP contribution in [0.15, 0.2) is 0 Å². The second kappa shape index (κ2) is 6.15. The summed E-state index contributed by atoms with van der Waals surface area (Å²) >= 11 is 0. The zero-order valence-corrected chi connectivity index (χ0v) is 12.8. The molecule has 1 aromatic rings. The fourth-order valence-electron chi connectivity index (χ4n) is 2.76. The lowest BCUT2D eigenvalue weighted by Crippen LogP contribution is -2.44. The molecule has 1 aromatic heterocycles. The SMILES string of the molecule is C[C@H](O)[C@H](C)Oc1nc(N2CCNCC2)nc2c1CCC2. The van der Waals surface area contributed by atoms with Crippen molar-refractivity contribution in [3.63, 3.8) is 0 Å². The average Bonchev–Trinajstić information content (AvgIpc) is 2.96. The second-order valence-electron chi connectivity index (χ2n) is 5.91. The molecule has 1 fully saturated rings. The lowest BCUT2D eigenvalue weighted by atomic mass is 10.2. The van der Waals surface area contributed by atoms with Crippen molar-refractivity contribution in [2.24, 2.45) is 0 Å². The number of anilines is 1. The molecule has 0 bridgehead atoms. The van der Waals surface area contributed by atoms with Crippen LogP contribution in [0.5, 0.6) is 5.88 Å². The van der Waals surface area contributed by atoms with Gasteiger partial charge in [-0.25, -0.2) is 4.98 Å². The van der Waals surface area contributed by atoms with Crippen molar-refractivity contribution in [3.05, 3.63) is 11.3 Å². The molecule has 2 N–H and O–H groups in total. The van der Waals surface area contributed by atoms with E-state index < -0.39 is 6.10 Å². The summed E-state index contributed by atoms with van der Waals surface area (Å²) in [5, 5.41) is 13.0. The monoisotopic (exact) mass is 292 g/mol. The van der Waals surface area contributed by atoms with Crippen LogP contribution in [0, 0.1) is 0 Å². The van der Waals surface area contributed by atoms with Crippen LogP contribution in [0.3, 0.4) is 0 Å². The molecule has 0 amide bonds. The van der Waals surface area contributed by atoms with Crippen LogP contribution in [0.2, 0.25) is 0 Å². The van der Waals surface area contributed by atoms with Crippen molar-refractivity contribution in [1.82, 2.24) is 15.3 Å². The summed E-state index contributed by atoms with van der Waals surface area (Å²) in [5.74, 6) is 1.43. The Labute approximate surface area is 125 Å². The zero-order valence-electron chi connectivity index (χ0n) is 12.8. The van der Waals surface area contributed by atoms with Gasteiger partial charge in [-0.2, -0.15) is 4.98 Å². The number of piperazine rings is 1. The van der Waals surface area contributed by atoms with Crippen LogP contribution >= 0.6 is 0 Å². The number of nitrogens with zero attached hydrogens (tertiary/aromatic N) is 3. The number of ether oxygens (including phenoxy) is 1. The lowest BCUT2D eigenvalue weighted by Gasteiger charge is -2.28. The molecule has 3 rings (SSSR count). The molecular formula is C15H24N4O2. The van der Waals surface area contributed by atoms with E-state index in [9.17, 15) is 5.11 Å². The number of aryl methyl sites for hydroxylation is 1. The van der Waals surface area contributed by atoms with Gasteiger partial charge in [-0.05, 0) is 33.1 Å². The van der Waals surface area contributed by atoms with Gasteiger partial charge in [-0.3, -0.25) is 0 Å². The molecule has 2 heterocycles. The first-order valence-electron chi connectivity index (χ1n) is 7.85. The van der Waals surface area contributed by atoms with Crippen LogP contribution in [0.25, 0.3) is 0 Å². The Hall–Kier alpha value is -1.40. The molecule has 0 saturated carbocycles. The molecule has 6 heteroatoms. The molecule has 2 atom stereocenters. The minimum Gasteiger partial charge on any atom is -0.472 e. The van der Waals surface area contributed by atoms with Gasteiger partial charge in [-0.15, -0.1) is 0 Å². The van der Waals surface area contributed by atoms with Crippen LogP contribution in [-0.4, -0.2) is 53.5 Å². The second-order valence-corrected chi connectivity index (χ2v) is 5.91. The third kappa shape index (κ3) is 3.11. The molecular weight excluding hydrogens is 268 g/mol. The van der Waals surface area contributed by atoms with Gasteiger partial charge < -0.3 is 20.1 Å². The summed E-state index contributed by atoms with van der Waals surface area (Å²) in [7, 11) is 0. The molecule has 2 aliphatic rings. The van der Waals surface area contributed by atoms with Crippen molar-refractivity contribution < 1.29 is 9.84 Å². The number of hydrogen-bond donors (Lipinski definition) is 2. The Morgan fingerprint density at radius 1 is 1.19 bits per heavy atom. The van der Waals surface area contributed by atoms with Crippen molar-refractivity contribution in [1.29, 1.82) is 0 Å². The molecule has 1 saturated heterocycles. The molecule has 0 spiro atoms. The van der Waals surface area contributed by atoms with Crippen LogP contribution in [0.4, 0.5) is 5.95 Å². The number of hydrogen-bond acceptors (Lipinski definition) is 6. The molecule has 1 aliphatic carbocycles. The van der Waals surface area contributed by atoms with Crippen LogP contribution in [0.1, 0.15) is 31.5 Å². The number of aromatic nitrogens is 2. The summed E-state index contributed by atoms with van der Waals surface area (Å²) in [6.45, 7) is 7.37. The summed E-state index contributed by atoms with van der Waals surface area (Å²) in [5.41, 5.74) is 2.24. The highest BCUT2D eigenvalue weighted by Gasteiger charge is 2.25. The standard InChI is InChI=1S/C15H24N4O2/c1-10(20)11(2)21-14-12-4-3-5-13(12)17-15(18-14)19-8-6-16-7-9-19/h10-11,16,20H,3-9H2,1-2H3/t10-,11-/m0/s1. The van der Waals surface area contributed by atoms with Gasteiger partial charge in [0.05, 0.1) is 11.8 Å². The summed E-state index contributed by atoms with van der Waals surface area (Å²) < 4.78 is 5.91. The van der Waals surface area contributed by atoms with E-state index in [1.807, 2.05) is 6.92 Å². The fourth-order valence-corrected chi connectivity index (χ4v) is 2.76. The highest BCUT2D eigenvalue weighted by molar-refractivity contribution is 5.43. The van der Waals surface area contributed by atoms with E-state index in [-0.39, 0.29) is 6.10 Å².